The number of hydrogen-bond donors (Lipinski definition) is 1. The molecule has 2 heterocycles. The third-order valence-corrected chi connectivity index (χ3v) is 6.91. The van der Waals surface area contributed by atoms with E-state index in [1.165, 1.54) is 16.6 Å². The number of anilines is 1. The molecule has 136 valence electrons. The van der Waals surface area contributed by atoms with Gasteiger partial charge in [-0.1, -0.05) is 48.8 Å². The summed E-state index contributed by atoms with van der Waals surface area (Å²) in [6, 6.07) is 7.12. The van der Waals surface area contributed by atoms with Gasteiger partial charge in [0.1, 0.15) is 16.2 Å². The molecule has 0 saturated heterocycles. The Morgan fingerprint density at radius 3 is 2.77 bits per heavy atom. The van der Waals surface area contributed by atoms with Gasteiger partial charge in [0.05, 0.1) is 16.0 Å². The van der Waals surface area contributed by atoms with E-state index < -0.39 is 0 Å². The first-order valence-corrected chi connectivity index (χ1v) is 10.6. The largest absolute Gasteiger partial charge is 0.324 e. The Hall–Kier alpha value is -1.34. The van der Waals surface area contributed by atoms with Gasteiger partial charge >= 0.3 is 0 Å². The lowest BCUT2D eigenvalue weighted by atomic mass is 10.2. The van der Waals surface area contributed by atoms with Gasteiger partial charge in [0.2, 0.25) is 5.91 Å². The molecule has 3 aromatic rings. The predicted molar refractivity (Wildman–Crippen MR) is 112 cm³/mol. The molecule has 0 aliphatic rings. The van der Waals surface area contributed by atoms with Crippen LogP contribution in [0.3, 0.4) is 0 Å². The maximum absolute atomic E-state index is 12.7. The molecule has 0 saturated carbocycles. The standard InChI is InChI=1S/C18H17Cl2N3OS2/c1-3-11-8-12-17(25-11)21-9-22-18(12)26-15(4-2)16(24)23-14-6-5-10(19)7-13(14)20/h5-9,15H,3-4H2,1-2H3,(H,23,24). The number of rotatable bonds is 6. The van der Waals surface area contributed by atoms with E-state index in [2.05, 4.69) is 28.3 Å². The van der Waals surface area contributed by atoms with Crippen molar-refractivity contribution in [2.24, 2.45) is 0 Å². The molecule has 26 heavy (non-hydrogen) atoms. The quantitative estimate of drug-likeness (QED) is 0.384. The molecule has 0 aliphatic carbocycles. The van der Waals surface area contributed by atoms with Gasteiger partial charge in [0.15, 0.2) is 0 Å². The lowest BCUT2D eigenvalue weighted by Gasteiger charge is -2.15. The van der Waals surface area contributed by atoms with Gasteiger partial charge in [-0.25, -0.2) is 9.97 Å². The average Bonchev–Trinajstić information content (AvgIpc) is 3.06. The predicted octanol–water partition coefficient (Wildman–Crippen LogP) is 6.07. The summed E-state index contributed by atoms with van der Waals surface area (Å²) < 4.78 is 0. The highest BCUT2D eigenvalue weighted by Crippen LogP contribution is 2.34. The molecule has 1 unspecified atom stereocenters. The Balaban J connectivity index is 1.81. The molecule has 0 fully saturated rings. The van der Waals surface area contributed by atoms with E-state index >= 15 is 0 Å². The number of benzene rings is 1. The van der Waals surface area contributed by atoms with Gasteiger partial charge < -0.3 is 5.32 Å². The number of aromatic nitrogens is 2. The van der Waals surface area contributed by atoms with Crippen LogP contribution in [0.2, 0.25) is 10.0 Å². The van der Waals surface area contributed by atoms with Crippen LogP contribution in [-0.2, 0) is 11.2 Å². The normalized spacial score (nSPS) is 12.3. The second-order valence-electron chi connectivity index (χ2n) is 5.59. The second-order valence-corrected chi connectivity index (χ2v) is 8.74. The number of halogens is 2. The third-order valence-electron chi connectivity index (χ3n) is 3.80. The Labute approximate surface area is 170 Å². The minimum Gasteiger partial charge on any atom is -0.324 e. The van der Waals surface area contributed by atoms with Gasteiger partial charge in [-0.3, -0.25) is 4.79 Å². The van der Waals surface area contributed by atoms with Gasteiger partial charge in [-0.15, -0.1) is 11.3 Å². The first-order chi connectivity index (χ1) is 12.5. The van der Waals surface area contributed by atoms with E-state index in [1.54, 1.807) is 35.9 Å². The Morgan fingerprint density at radius 1 is 1.27 bits per heavy atom. The van der Waals surface area contributed by atoms with E-state index in [-0.39, 0.29) is 11.2 Å². The molecular formula is C18H17Cl2N3OS2. The number of aryl methyl sites for hydroxylation is 1. The second kappa shape index (κ2) is 8.57. The van der Waals surface area contributed by atoms with Crippen molar-refractivity contribution in [3.8, 4) is 0 Å². The molecule has 0 bridgehead atoms. The van der Waals surface area contributed by atoms with Gasteiger partial charge in [0, 0.05) is 15.3 Å². The zero-order chi connectivity index (χ0) is 18.7. The number of carbonyl (C=O) groups excluding carboxylic acids is 1. The SMILES string of the molecule is CCc1cc2c(SC(CC)C(=O)Nc3ccc(Cl)cc3Cl)ncnc2s1. The van der Waals surface area contributed by atoms with Crippen LogP contribution >= 0.6 is 46.3 Å². The van der Waals surface area contributed by atoms with Crippen LogP contribution in [-0.4, -0.2) is 21.1 Å². The third kappa shape index (κ3) is 4.31. The van der Waals surface area contributed by atoms with Gasteiger partial charge in [-0.05, 0) is 37.1 Å². The summed E-state index contributed by atoms with van der Waals surface area (Å²) in [5.41, 5.74) is 0.553. The fraction of sp³-hybridized carbons (Fsp3) is 0.278. The number of hydrogen-bond acceptors (Lipinski definition) is 5. The fourth-order valence-electron chi connectivity index (χ4n) is 2.41. The lowest BCUT2D eigenvalue weighted by molar-refractivity contribution is -0.115. The lowest BCUT2D eigenvalue weighted by Crippen LogP contribution is -2.24. The molecule has 1 N–H and O–H groups in total. The number of carbonyl (C=O) groups is 1. The van der Waals surface area contributed by atoms with Crippen LogP contribution in [0.25, 0.3) is 10.2 Å². The highest BCUT2D eigenvalue weighted by atomic mass is 35.5. The van der Waals surface area contributed by atoms with Crippen molar-refractivity contribution in [1.82, 2.24) is 9.97 Å². The number of nitrogens with one attached hydrogen (secondary N) is 1. The molecule has 0 radical (unpaired) electrons. The molecule has 8 heteroatoms. The first kappa shape index (κ1) is 19.4. The summed E-state index contributed by atoms with van der Waals surface area (Å²) in [5.74, 6) is -0.112. The number of nitrogens with zero attached hydrogens (tertiary/aromatic N) is 2. The zero-order valence-corrected chi connectivity index (χ0v) is 17.4. The van der Waals surface area contributed by atoms with Crippen LogP contribution in [0, 0.1) is 0 Å². The Morgan fingerprint density at radius 2 is 2.08 bits per heavy atom. The molecule has 2 aromatic heterocycles. The smallest absolute Gasteiger partial charge is 0.237 e. The minimum atomic E-state index is -0.287. The van der Waals surface area contributed by atoms with Crippen molar-refractivity contribution in [3.63, 3.8) is 0 Å². The monoisotopic (exact) mass is 425 g/mol. The first-order valence-electron chi connectivity index (χ1n) is 8.17. The maximum Gasteiger partial charge on any atom is 0.237 e. The zero-order valence-electron chi connectivity index (χ0n) is 14.3. The summed E-state index contributed by atoms with van der Waals surface area (Å²) in [4.78, 5) is 23.7. The van der Waals surface area contributed by atoms with Crippen molar-refractivity contribution in [2.45, 2.75) is 37.0 Å². The van der Waals surface area contributed by atoms with Crippen LogP contribution in [0.1, 0.15) is 25.1 Å². The summed E-state index contributed by atoms with van der Waals surface area (Å²) in [6.45, 7) is 4.09. The molecule has 0 aliphatic heterocycles. The van der Waals surface area contributed by atoms with Crippen molar-refractivity contribution in [1.29, 1.82) is 0 Å². The topological polar surface area (TPSA) is 54.9 Å². The molecule has 3 rings (SSSR count). The van der Waals surface area contributed by atoms with Crippen molar-refractivity contribution < 1.29 is 4.79 Å². The van der Waals surface area contributed by atoms with Crippen molar-refractivity contribution in [3.05, 3.63) is 45.5 Å². The number of thiophene rings is 1. The number of amides is 1. The minimum absolute atomic E-state index is 0.112. The van der Waals surface area contributed by atoms with E-state index in [9.17, 15) is 4.79 Å². The van der Waals surface area contributed by atoms with Gasteiger partial charge in [-0.2, -0.15) is 0 Å². The molecule has 1 aromatic carbocycles. The van der Waals surface area contributed by atoms with Crippen molar-refractivity contribution in [2.75, 3.05) is 5.32 Å². The van der Waals surface area contributed by atoms with E-state index in [1.807, 2.05) is 6.92 Å². The summed E-state index contributed by atoms with van der Waals surface area (Å²) in [7, 11) is 0. The summed E-state index contributed by atoms with van der Waals surface area (Å²) >= 11 is 15.2. The van der Waals surface area contributed by atoms with Gasteiger partial charge in [0.25, 0.3) is 0 Å². The Bertz CT molecular complexity index is 945. The highest BCUT2D eigenvalue weighted by molar-refractivity contribution is 8.00. The van der Waals surface area contributed by atoms with Crippen LogP contribution in [0.5, 0.6) is 0 Å². The average molecular weight is 426 g/mol. The maximum atomic E-state index is 12.7. The van der Waals surface area contributed by atoms with Crippen LogP contribution in [0.15, 0.2) is 35.6 Å². The molecule has 0 spiro atoms. The van der Waals surface area contributed by atoms with Crippen molar-refractivity contribution >= 4 is 68.1 Å². The summed E-state index contributed by atoms with van der Waals surface area (Å²) in [5, 5.41) is 5.38. The number of thioether (sulfide) groups is 1. The molecule has 1 atom stereocenters. The van der Waals surface area contributed by atoms with E-state index in [0.717, 1.165) is 21.7 Å². The molecule has 4 nitrogen and oxygen atoms in total. The molecular weight excluding hydrogens is 409 g/mol. The number of fused-ring (bicyclic) bond motifs is 1. The van der Waals surface area contributed by atoms with Crippen LogP contribution in [0.4, 0.5) is 5.69 Å². The summed E-state index contributed by atoms with van der Waals surface area (Å²) in [6.07, 6.45) is 3.18. The van der Waals surface area contributed by atoms with E-state index in [0.29, 0.717) is 22.2 Å². The highest BCUT2D eigenvalue weighted by Gasteiger charge is 2.21. The van der Waals surface area contributed by atoms with Crippen LogP contribution < -0.4 is 5.32 Å². The fourth-order valence-corrected chi connectivity index (χ4v) is 4.86. The Kier molecular flexibility index (Phi) is 6.40. The van der Waals surface area contributed by atoms with E-state index in [4.69, 9.17) is 23.2 Å². The molecule has 1 amide bonds.